The summed E-state index contributed by atoms with van der Waals surface area (Å²) in [6, 6.07) is 13.7. The van der Waals surface area contributed by atoms with Gasteiger partial charge in [-0.1, -0.05) is 36.2 Å². The smallest absolute Gasteiger partial charge is 0.264 e. The van der Waals surface area contributed by atoms with Crippen LogP contribution in [0.2, 0.25) is 5.02 Å². The van der Waals surface area contributed by atoms with Crippen molar-refractivity contribution >= 4 is 27.3 Å². The van der Waals surface area contributed by atoms with E-state index in [2.05, 4.69) is 0 Å². The fraction of sp³-hybridized carbons (Fsp3) is 0.250. The zero-order valence-corrected chi connectivity index (χ0v) is 13.7. The molecule has 0 unspecified atom stereocenters. The van der Waals surface area contributed by atoms with Gasteiger partial charge >= 0.3 is 0 Å². The molecule has 0 amide bonds. The second-order valence-electron chi connectivity index (χ2n) is 4.87. The van der Waals surface area contributed by atoms with E-state index in [1.54, 1.807) is 12.1 Å². The lowest BCUT2D eigenvalue weighted by Crippen LogP contribution is -2.31. The van der Waals surface area contributed by atoms with Crippen LogP contribution >= 0.6 is 11.6 Å². The Kier molecular flexibility index (Phi) is 4.91. The predicted molar refractivity (Wildman–Crippen MR) is 87.5 cm³/mol. The Hall–Kier alpha value is -1.52. The second kappa shape index (κ2) is 6.50. The molecular weight excluding hydrogens is 306 g/mol. The van der Waals surface area contributed by atoms with Crippen molar-refractivity contribution in [3.8, 4) is 0 Å². The van der Waals surface area contributed by atoms with Crippen LogP contribution in [-0.4, -0.2) is 15.0 Å². The van der Waals surface area contributed by atoms with Gasteiger partial charge in [-0.05, 0) is 49.7 Å². The Balaban J connectivity index is 2.45. The van der Waals surface area contributed by atoms with Gasteiger partial charge in [0.2, 0.25) is 0 Å². The molecule has 0 spiro atoms. The summed E-state index contributed by atoms with van der Waals surface area (Å²) in [6.07, 6.45) is 0.737. The Morgan fingerprint density at radius 3 is 2.10 bits per heavy atom. The van der Waals surface area contributed by atoms with Gasteiger partial charge in [0, 0.05) is 11.6 Å². The molecule has 0 fully saturated rings. The molecule has 0 N–H and O–H groups in total. The van der Waals surface area contributed by atoms with Gasteiger partial charge in [0.15, 0.2) is 0 Å². The van der Waals surface area contributed by atoms with Gasteiger partial charge in [-0.25, -0.2) is 8.42 Å². The van der Waals surface area contributed by atoms with Gasteiger partial charge in [0.05, 0.1) is 10.6 Å². The van der Waals surface area contributed by atoms with E-state index < -0.39 is 10.0 Å². The first-order valence-corrected chi connectivity index (χ1v) is 8.62. The first-order valence-electron chi connectivity index (χ1n) is 6.80. The van der Waals surface area contributed by atoms with Crippen LogP contribution in [0.5, 0.6) is 0 Å². The number of halogens is 1. The largest absolute Gasteiger partial charge is 0.266 e. The molecule has 0 bridgehead atoms. The molecule has 0 aliphatic heterocycles. The normalized spacial score (nSPS) is 11.4. The molecular formula is C16H18ClNO2S. The molecule has 0 radical (unpaired) electrons. The Morgan fingerprint density at radius 2 is 1.57 bits per heavy atom. The van der Waals surface area contributed by atoms with Crippen LogP contribution in [0.3, 0.4) is 0 Å². The minimum atomic E-state index is -3.57. The number of hydrogen-bond donors (Lipinski definition) is 0. The topological polar surface area (TPSA) is 37.4 Å². The lowest BCUT2D eigenvalue weighted by Gasteiger charge is -2.24. The van der Waals surface area contributed by atoms with E-state index in [1.165, 1.54) is 16.4 Å². The lowest BCUT2D eigenvalue weighted by molar-refractivity contribution is 0.590. The molecule has 21 heavy (non-hydrogen) atoms. The van der Waals surface area contributed by atoms with E-state index in [-0.39, 0.29) is 4.90 Å². The van der Waals surface area contributed by atoms with E-state index in [0.717, 1.165) is 12.0 Å². The number of aryl methyl sites for hydroxylation is 1. The van der Waals surface area contributed by atoms with E-state index in [4.69, 9.17) is 11.6 Å². The molecule has 5 heteroatoms. The van der Waals surface area contributed by atoms with Gasteiger partial charge in [-0.15, -0.1) is 0 Å². The summed E-state index contributed by atoms with van der Waals surface area (Å²) < 4.78 is 27.0. The molecule has 0 saturated heterocycles. The van der Waals surface area contributed by atoms with Crippen LogP contribution in [0.1, 0.15) is 18.9 Å². The summed E-state index contributed by atoms with van der Waals surface area (Å²) in [5.74, 6) is 0. The summed E-state index contributed by atoms with van der Waals surface area (Å²) in [5, 5.41) is 0.520. The number of benzene rings is 2. The van der Waals surface area contributed by atoms with Crippen LogP contribution in [0.25, 0.3) is 0 Å². The summed E-state index contributed by atoms with van der Waals surface area (Å²) in [5.41, 5.74) is 1.77. The zero-order valence-electron chi connectivity index (χ0n) is 12.1. The maximum absolute atomic E-state index is 12.8. The average molecular weight is 324 g/mol. The Bertz CT molecular complexity index is 694. The molecule has 0 aromatic heterocycles. The fourth-order valence-corrected chi connectivity index (χ4v) is 3.72. The lowest BCUT2D eigenvalue weighted by atomic mass is 10.2. The van der Waals surface area contributed by atoms with Gasteiger partial charge in [-0.3, -0.25) is 4.31 Å². The molecule has 0 aliphatic rings. The van der Waals surface area contributed by atoms with Gasteiger partial charge < -0.3 is 0 Å². The van der Waals surface area contributed by atoms with E-state index in [0.29, 0.717) is 17.3 Å². The van der Waals surface area contributed by atoms with Gasteiger partial charge in [0.1, 0.15) is 0 Å². The molecule has 2 rings (SSSR count). The highest BCUT2D eigenvalue weighted by atomic mass is 35.5. The summed E-state index contributed by atoms with van der Waals surface area (Å²) in [7, 11) is -3.57. The van der Waals surface area contributed by atoms with Crippen LogP contribution < -0.4 is 4.31 Å². The molecule has 3 nitrogen and oxygen atoms in total. The quantitative estimate of drug-likeness (QED) is 0.824. The Morgan fingerprint density at radius 1 is 1.00 bits per heavy atom. The first-order chi connectivity index (χ1) is 9.95. The summed E-state index contributed by atoms with van der Waals surface area (Å²) in [6.45, 7) is 4.37. The van der Waals surface area contributed by atoms with Crippen molar-refractivity contribution in [1.82, 2.24) is 0 Å². The molecule has 0 heterocycles. The standard InChI is InChI=1S/C16H18ClNO2S/c1-3-12-18(15-8-4-13(2)5-9-15)21(19,20)16-10-6-14(17)7-11-16/h4-11H,3,12H2,1-2H3. The third kappa shape index (κ3) is 3.57. The number of anilines is 1. The monoisotopic (exact) mass is 323 g/mol. The van der Waals surface area contributed by atoms with Gasteiger partial charge in [-0.2, -0.15) is 0 Å². The van der Waals surface area contributed by atoms with E-state index in [9.17, 15) is 8.42 Å². The maximum Gasteiger partial charge on any atom is 0.264 e. The highest BCUT2D eigenvalue weighted by Crippen LogP contribution is 2.25. The third-order valence-electron chi connectivity index (χ3n) is 3.15. The van der Waals surface area contributed by atoms with Crippen molar-refractivity contribution in [3.05, 3.63) is 59.1 Å². The van der Waals surface area contributed by atoms with E-state index >= 15 is 0 Å². The van der Waals surface area contributed by atoms with Crippen molar-refractivity contribution in [2.45, 2.75) is 25.2 Å². The SMILES string of the molecule is CCCN(c1ccc(C)cc1)S(=O)(=O)c1ccc(Cl)cc1. The van der Waals surface area contributed by atoms with Crippen LogP contribution in [-0.2, 0) is 10.0 Å². The fourth-order valence-electron chi connectivity index (χ4n) is 2.04. The van der Waals surface area contributed by atoms with Crippen LogP contribution in [0, 0.1) is 6.92 Å². The van der Waals surface area contributed by atoms with Crippen molar-refractivity contribution in [2.24, 2.45) is 0 Å². The third-order valence-corrected chi connectivity index (χ3v) is 5.24. The van der Waals surface area contributed by atoms with Crippen molar-refractivity contribution in [1.29, 1.82) is 0 Å². The van der Waals surface area contributed by atoms with Crippen LogP contribution in [0.15, 0.2) is 53.4 Å². The number of rotatable bonds is 5. The number of hydrogen-bond acceptors (Lipinski definition) is 2. The first kappa shape index (κ1) is 15.9. The molecule has 0 saturated carbocycles. The van der Waals surface area contributed by atoms with Crippen molar-refractivity contribution < 1.29 is 8.42 Å². The molecule has 2 aromatic carbocycles. The highest BCUT2D eigenvalue weighted by Gasteiger charge is 2.24. The van der Waals surface area contributed by atoms with Crippen molar-refractivity contribution in [3.63, 3.8) is 0 Å². The zero-order chi connectivity index (χ0) is 15.5. The minimum absolute atomic E-state index is 0.251. The predicted octanol–water partition coefficient (Wildman–Crippen LogP) is 4.25. The molecule has 2 aromatic rings. The average Bonchev–Trinajstić information content (AvgIpc) is 2.46. The summed E-state index contributed by atoms with van der Waals surface area (Å²) in [4.78, 5) is 0.251. The molecule has 112 valence electrons. The highest BCUT2D eigenvalue weighted by molar-refractivity contribution is 7.92. The molecule has 0 aliphatic carbocycles. The maximum atomic E-state index is 12.8. The summed E-state index contributed by atoms with van der Waals surface area (Å²) >= 11 is 5.83. The Labute approximate surface area is 131 Å². The van der Waals surface area contributed by atoms with E-state index in [1.807, 2.05) is 38.1 Å². The van der Waals surface area contributed by atoms with Gasteiger partial charge in [0.25, 0.3) is 10.0 Å². The number of sulfonamides is 1. The minimum Gasteiger partial charge on any atom is -0.266 e. The second-order valence-corrected chi connectivity index (χ2v) is 7.17. The molecule has 0 atom stereocenters. The number of nitrogens with zero attached hydrogens (tertiary/aromatic N) is 1. The van der Waals surface area contributed by atoms with Crippen LogP contribution in [0.4, 0.5) is 5.69 Å². The van der Waals surface area contributed by atoms with Crippen molar-refractivity contribution in [2.75, 3.05) is 10.8 Å².